The van der Waals surface area contributed by atoms with Crippen LogP contribution in [0.5, 0.6) is 0 Å². The van der Waals surface area contributed by atoms with E-state index >= 15 is 0 Å². The van der Waals surface area contributed by atoms with Crippen molar-refractivity contribution in [2.75, 3.05) is 0 Å². The normalized spacial score (nSPS) is 13.1. The minimum Gasteiger partial charge on any atom is -0.246 e. The van der Waals surface area contributed by atoms with Crippen LogP contribution in [0, 0.1) is 0 Å². The maximum absolute atomic E-state index is 5.43. The second kappa shape index (κ2) is 11.6. The van der Waals surface area contributed by atoms with Crippen LogP contribution in [0.3, 0.4) is 0 Å². The van der Waals surface area contributed by atoms with Crippen molar-refractivity contribution in [1.29, 1.82) is 0 Å². The summed E-state index contributed by atoms with van der Waals surface area (Å²) in [4.78, 5) is 5.43. The van der Waals surface area contributed by atoms with E-state index in [0.717, 1.165) is 11.0 Å². The summed E-state index contributed by atoms with van der Waals surface area (Å²) >= 11 is 0. The van der Waals surface area contributed by atoms with Gasteiger partial charge < -0.3 is 0 Å². The third-order valence-electron chi connectivity index (χ3n) is 11.5. The van der Waals surface area contributed by atoms with Gasteiger partial charge in [-0.3, -0.25) is 0 Å². The fourth-order valence-corrected chi connectivity index (χ4v) is 9.22. The first-order valence-electron chi connectivity index (χ1n) is 18.4. The molecule has 0 fully saturated rings. The Balaban J connectivity index is 1.15. The predicted octanol–water partition coefficient (Wildman–Crippen LogP) is 13.4. The van der Waals surface area contributed by atoms with Gasteiger partial charge in [0.2, 0.25) is 0 Å². The van der Waals surface area contributed by atoms with E-state index in [9.17, 15) is 0 Å². The van der Waals surface area contributed by atoms with E-state index in [1.807, 2.05) is 0 Å². The lowest BCUT2D eigenvalue weighted by Crippen LogP contribution is -2.28. The molecule has 1 heterocycles. The van der Waals surface area contributed by atoms with Crippen molar-refractivity contribution >= 4 is 43.4 Å². The number of benzene rings is 9. The number of aromatic nitrogens is 1. The van der Waals surface area contributed by atoms with Crippen LogP contribution in [-0.2, 0) is 5.41 Å². The fraction of sp³-hybridized carbons (Fsp3) is 0.0192. The zero-order chi connectivity index (χ0) is 34.9. The van der Waals surface area contributed by atoms with Crippen molar-refractivity contribution in [3.05, 3.63) is 222 Å². The summed E-state index contributed by atoms with van der Waals surface area (Å²) in [6.07, 6.45) is 0. The molecule has 0 saturated heterocycles. The highest BCUT2D eigenvalue weighted by molar-refractivity contribution is 6.21. The number of rotatable bonds is 4. The molecule has 11 rings (SSSR count). The summed E-state index contributed by atoms with van der Waals surface area (Å²) in [5.41, 5.74) is 14.2. The van der Waals surface area contributed by atoms with Crippen LogP contribution in [0.1, 0.15) is 22.3 Å². The maximum atomic E-state index is 5.43. The van der Waals surface area contributed by atoms with Crippen LogP contribution < -0.4 is 0 Å². The number of pyridine rings is 1. The molecule has 246 valence electrons. The third kappa shape index (κ3) is 4.35. The van der Waals surface area contributed by atoms with Crippen LogP contribution in [0.25, 0.3) is 76.7 Å². The van der Waals surface area contributed by atoms with E-state index in [4.69, 9.17) is 4.98 Å². The van der Waals surface area contributed by atoms with Crippen molar-refractivity contribution in [2.45, 2.75) is 5.41 Å². The van der Waals surface area contributed by atoms with Crippen molar-refractivity contribution in [3.63, 3.8) is 0 Å². The van der Waals surface area contributed by atoms with Crippen LogP contribution in [0.4, 0.5) is 0 Å². The molecule has 53 heavy (non-hydrogen) atoms. The molecule has 1 nitrogen and oxygen atoms in total. The van der Waals surface area contributed by atoms with Crippen LogP contribution in [-0.4, -0.2) is 4.98 Å². The van der Waals surface area contributed by atoms with E-state index in [1.165, 1.54) is 88.0 Å². The van der Waals surface area contributed by atoms with E-state index in [-0.39, 0.29) is 0 Å². The van der Waals surface area contributed by atoms with Gasteiger partial charge in [-0.2, -0.15) is 0 Å². The Hall–Kier alpha value is -6.83. The van der Waals surface area contributed by atoms with Crippen molar-refractivity contribution in [1.82, 2.24) is 4.98 Å². The van der Waals surface area contributed by atoms with Crippen LogP contribution >= 0.6 is 0 Å². The highest BCUT2D eigenvalue weighted by Gasteiger charge is 2.45. The van der Waals surface area contributed by atoms with Crippen molar-refractivity contribution < 1.29 is 0 Å². The highest BCUT2D eigenvalue weighted by atomic mass is 14.7. The molecule has 0 radical (unpaired) electrons. The van der Waals surface area contributed by atoms with E-state index in [2.05, 4.69) is 200 Å². The molecule has 0 N–H and O–H groups in total. The van der Waals surface area contributed by atoms with Gasteiger partial charge in [-0.1, -0.05) is 188 Å². The fourth-order valence-electron chi connectivity index (χ4n) is 9.22. The lowest BCUT2D eigenvalue weighted by atomic mass is 9.67. The van der Waals surface area contributed by atoms with Gasteiger partial charge >= 0.3 is 0 Å². The quantitative estimate of drug-likeness (QED) is 0.134. The molecule has 1 aliphatic rings. The van der Waals surface area contributed by atoms with E-state index in [0.29, 0.717) is 0 Å². The molecule has 0 bridgehead atoms. The molecular weight excluding hydrogens is 639 g/mol. The van der Waals surface area contributed by atoms with Crippen molar-refractivity contribution in [3.8, 4) is 33.4 Å². The second-order valence-corrected chi connectivity index (χ2v) is 14.2. The minimum atomic E-state index is -0.443. The first-order chi connectivity index (χ1) is 26.3. The number of fused-ring (bicyclic) bond motifs is 9. The topological polar surface area (TPSA) is 12.9 Å². The Morgan fingerprint density at radius 3 is 1.45 bits per heavy atom. The summed E-state index contributed by atoms with van der Waals surface area (Å²) < 4.78 is 0. The Bertz CT molecular complexity index is 2920. The second-order valence-electron chi connectivity index (χ2n) is 14.2. The zero-order valence-corrected chi connectivity index (χ0v) is 29.0. The van der Waals surface area contributed by atoms with E-state index in [1.54, 1.807) is 0 Å². The lowest BCUT2D eigenvalue weighted by Gasteiger charge is -2.34. The molecule has 0 atom stereocenters. The number of nitrogens with zero attached hydrogens (tertiary/aromatic N) is 1. The summed E-state index contributed by atoms with van der Waals surface area (Å²) in [7, 11) is 0. The summed E-state index contributed by atoms with van der Waals surface area (Å²) in [5.74, 6) is 0. The molecule has 1 aromatic heterocycles. The molecular formula is C52H33N. The Labute approximate surface area is 308 Å². The third-order valence-corrected chi connectivity index (χ3v) is 11.5. The Morgan fingerprint density at radius 2 is 0.811 bits per heavy atom. The number of hydrogen-bond acceptors (Lipinski definition) is 1. The van der Waals surface area contributed by atoms with Gasteiger partial charge in [0.05, 0.1) is 16.4 Å². The lowest BCUT2D eigenvalue weighted by molar-refractivity contribution is 0.769. The van der Waals surface area contributed by atoms with Crippen molar-refractivity contribution in [2.24, 2.45) is 0 Å². The summed E-state index contributed by atoms with van der Waals surface area (Å²) in [6.45, 7) is 0. The van der Waals surface area contributed by atoms with Gasteiger partial charge in [0, 0.05) is 27.1 Å². The predicted molar refractivity (Wildman–Crippen MR) is 222 cm³/mol. The number of hydrogen-bond donors (Lipinski definition) is 0. The molecule has 1 aliphatic carbocycles. The molecule has 1 heteroatoms. The van der Waals surface area contributed by atoms with Crippen LogP contribution in [0.15, 0.2) is 200 Å². The first kappa shape index (κ1) is 29.9. The molecule has 0 spiro atoms. The van der Waals surface area contributed by atoms with Gasteiger partial charge in [-0.05, 0) is 73.0 Å². The minimum absolute atomic E-state index is 0.443. The maximum Gasteiger partial charge on any atom is 0.0794 e. The smallest absolute Gasteiger partial charge is 0.0794 e. The van der Waals surface area contributed by atoms with Gasteiger partial charge in [-0.25, -0.2) is 4.98 Å². The largest absolute Gasteiger partial charge is 0.246 e. The molecule has 0 amide bonds. The summed E-state index contributed by atoms with van der Waals surface area (Å²) in [6, 6.07) is 73.5. The van der Waals surface area contributed by atoms with Gasteiger partial charge in [-0.15, -0.1) is 0 Å². The van der Waals surface area contributed by atoms with E-state index < -0.39 is 5.41 Å². The zero-order valence-electron chi connectivity index (χ0n) is 29.0. The molecule has 0 saturated carbocycles. The molecule has 10 aromatic rings. The van der Waals surface area contributed by atoms with Gasteiger partial charge in [0.1, 0.15) is 0 Å². The van der Waals surface area contributed by atoms with Crippen LogP contribution in [0.2, 0.25) is 0 Å². The highest BCUT2D eigenvalue weighted by Crippen LogP contribution is 2.56. The monoisotopic (exact) mass is 671 g/mol. The average Bonchev–Trinajstić information content (AvgIpc) is 3.54. The molecule has 0 aliphatic heterocycles. The standard InChI is InChI=1S/C52H33N/c1-2-19-39(20-3-1)52(47-26-10-8-24-43(47)44-25-9-11-27-48(44)52)40-21-13-17-37(33-40)36-16-12-18-38(32-36)49-45-30-28-34-14-4-6-22-41(34)50(45)53-51-42-23-7-5-15-35(42)29-31-46(49)51/h1-33H. The van der Waals surface area contributed by atoms with Gasteiger partial charge in [0.15, 0.2) is 0 Å². The van der Waals surface area contributed by atoms with Gasteiger partial charge in [0.25, 0.3) is 0 Å². The average molecular weight is 672 g/mol. The Kier molecular flexibility index (Phi) is 6.53. The summed E-state index contributed by atoms with van der Waals surface area (Å²) in [5, 5.41) is 7.08. The Morgan fingerprint density at radius 1 is 0.321 bits per heavy atom. The first-order valence-corrected chi connectivity index (χ1v) is 18.4. The SMILES string of the molecule is c1ccc(C2(c3cccc(-c4cccc(-c5c6ccc7ccccc7c6nc6c5ccc5ccccc56)c4)c3)c3ccccc3-c3ccccc32)cc1. The molecule has 0 unspecified atom stereocenters. The molecule has 9 aromatic carbocycles.